The monoisotopic (exact) mass is 397 g/mol. The molecule has 0 aliphatic rings. The first-order chi connectivity index (χ1) is 12.3. The molecule has 134 valence electrons. The minimum Gasteiger partial charge on any atom is -0.318 e. The summed E-state index contributed by atoms with van der Waals surface area (Å²) in [5.74, 6) is -2.81. The molecule has 0 aliphatic carbocycles. The van der Waals surface area contributed by atoms with Gasteiger partial charge in [-0.1, -0.05) is 29.8 Å². The summed E-state index contributed by atoms with van der Waals surface area (Å²) in [6, 6.07) is 10.9. The Bertz CT molecular complexity index is 1090. The van der Waals surface area contributed by atoms with Crippen molar-refractivity contribution in [3.05, 3.63) is 77.1 Å². The summed E-state index contributed by atoms with van der Waals surface area (Å²) in [6.07, 6.45) is 0. The maximum atomic E-state index is 13.7. The van der Waals surface area contributed by atoms with Gasteiger partial charge in [0.15, 0.2) is 5.15 Å². The van der Waals surface area contributed by atoms with Gasteiger partial charge in [-0.25, -0.2) is 8.78 Å². The van der Waals surface area contributed by atoms with Gasteiger partial charge in [0.1, 0.15) is 17.3 Å². The number of benzene rings is 2. The molecule has 0 saturated heterocycles. The quantitative estimate of drug-likeness (QED) is 0.732. The molecule has 0 unspecified atom stereocenters. The smallest absolute Gasteiger partial charge is 0.283 e. The van der Waals surface area contributed by atoms with Crippen LogP contribution in [0.2, 0.25) is 5.15 Å². The fourth-order valence-electron chi connectivity index (χ4n) is 2.14. The molecule has 1 aromatic heterocycles. The van der Waals surface area contributed by atoms with E-state index in [0.29, 0.717) is 10.2 Å². The van der Waals surface area contributed by atoms with Gasteiger partial charge < -0.3 is 5.32 Å². The van der Waals surface area contributed by atoms with Crippen LogP contribution in [0.15, 0.2) is 59.5 Å². The van der Waals surface area contributed by atoms with Gasteiger partial charge in [0.2, 0.25) is 0 Å². The Morgan fingerprint density at radius 1 is 1.08 bits per heavy atom. The zero-order valence-corrected chi connectivity index (χ0v) is 14.4. The number of nitrogens with one attached hydrogen (secondary N) is 1. The van der Waals surface area contributed by atoms with E-state index in [4.69, 9.17) is 11.6 Å². The second kappa shape index (κ2) is 6.85. The number of hydrogen-bond donors (Lipinski definition) is 1. The molecule has 0 saturated carbocycles. The first kappa shape index (κ1) is 18.0. The summed E-state index contributed by atoms with van der Waals surface area (Å²) in [7, 11) is -4.20. The Labute approximate surface area is 152 Å². The van der Waals surface area contributed by atoms with Gasteiger partial charge in [0.05, 0.1) is 10.6 Å². The van der Waals surface area contributed by atoms with Crippen molar-refractivity contribution in [1.82, 2.24) is 9.19 Å². The first-order valence-corrected chi connectivity index (χ1v) is 8.93. The number of anilines is 1. The third-order valence-electron chi connectivity index (χ3n) is 3.33. The number of rotatable bonds is 4. The molecule has 1 amide bonds. The minimum atomic E-state index is -4.20. The Balaban J connectivity index is 2.00. The summed E-state index contributed by atoms with van der Waals surface area (Å²) < 4.78 is 52.5. The molecule has 3 rings (SSSR count). The molecule has 0 fully saturated rings. The Kier molecular flexibility index (Phi) is 4.75. The van der Waals surface area contributed by atoms with E-state index in [2.05, 4.69) is 10.4 Å². The lowest BCUT2D eigenvalue weighted by Gasteiger charge is -2.09. The van der Waals surface area contributed by atoms with E-state index in [1.807, 2.05) is 0 Å². The van der Waals surface area contributed by atoms with E-state index in [0.717, 1.165) is 18.2 Å². The highest BCUT2D eigenvalue weighted by Gasteiger charge is 2.26. The third kappa shape index (κ3) is 3.44. The number of amides is 1. The number of halogens is 3. The van der Waals surface area contributed by atoms with Crippen LogP contribution in [-0.2, 0) is 10.0 Å². The molecule has 2 aromatic carbocycles. The van der Waals surface area contributed by atoms with Crippen LogP contribution in [0, 0.1) is 11.6 Å². The number of carbonyl (C=O) groups excluding carboxylic acids is 1. The van der Waals surface area contributed by atoms with Crippen molar-refractivity contribution >= 4 is 33.2 Å². The highest BCUT2D eigenvalue weighted by Crippen LogP contribution is 2.21. The average molecular weight is 398 g/mol. The lowest BCUT2D eigenvalue weighted by atomic mass is 10.3. The van der Waals surface area contributed by atoms with Crippen molar-refractivity contribution in [2.24, 2.45) is 0 Å². The van der Waals surface area contributed by atoms with Crippen molar-refractivity contribution in [2.45, 2.75) is 4.90 Å². The van der Waals surface area contributed by atoms with Crippen molar-refractivity contribution in [1.29, 1.82) is 0 Å². The summed E-state index contributed by atoms with van der Waals surface area (Å²) in [5, 5.41) is 5.56. The van der Waals surface area contributed by atoms with Gasteiger partial charge in [-0.15, -0.1) is 9.19 Å². The second-order valence-corrected chi connectivity index (χ2v) is 7.25. The Morgan fingerprint density at radius 3 is 2.42 bits per heavy atom. The molecule has 0 radical (unpaired) electrons. The number of aromatic nitrogens is 2. The van der Waals surface area contributed by atoms with Crippen LogP contribution in [-0.4, -0.2) is 23.5 Å². The van der Waals surface area contributed by atoms with Crippen LogP contribution in [0.1, 0.15) is 10.5 Å². The van der Waals surface area contributed by atoms with Crippen molar-refractivity contribution in [3.8, 4) is 0 Å². The van der Waals surface area contributed by atoms with Crippen LogP contribution in [0.5, 0.6) is 0 Å². The van der Waals surface area contributed by atoms with Crippen LogP contribution in [0.25, 0.3) is 0 Å². The largest absolute Gasteiger partial charge is 0.318 e. The maximum Gasteiger partial charge on any atom is 0.283 e. The molecule has 0 atom stereocenters. The first-order valence-electron chi connectivity index (χ1n) is 7.11. The fourth-order valence-corrected chi connectivity index (χ4v) is 3.66. The molecule has 6 nitrogen and oxygen atoms in total. The van der Waals surface area contributed by atoms with E-state index < -0.39 is 33.3 Å². The second-order valence-electron chi connectivity index (χ2n) is 5.09. The van der Waals surface area contributed by atoms with Crippen molar-refractivity contribution in [2.75, 3.05) is 5.32 Å². The summed E-state index contributed by atoms with van der Waals surface area (Å²) in [5.41, 5.74) is -0.750. The zero-order chi connectivity index (χ0) is 18.9. The van der Waals surface area contributed by atoms with Gasteiger partial charge in [-0.2, -0.15) is 8.42 Å². The molecule has 10 heteroatoms. The van der Waals surface area contributed by atoms with E-state index >= 15 is 0 Å². The van der Waals surface area contributed by atoms with Crippen LogP contribution in [0.4, 0.5) is 14.5 Å². The predicted molar refractivity (Wildman–Crippen MR) is 90.6 cm³/mol. The van der Waals surface area contributed by atoms with Gasteiger partial charge in [-0.3, -0.25) is 4.79 Å². The molecule has 1 heterocycles. The fraction of sp³-hybridized carbons (Fsp3) is 0. The molecule has 0 aliphatic heterocycles. The molecule has 1 N–H and O–H groups in total. The Morgan fingerprint density at radius 2 is 1.77 bits per heavy atom. The van der Waals surface area contributed by atoms with Gasteiger partial charge in [0.25, 0.3) is 15.9 Å². The average Bonchev–Trinajstić information content (AvgIpc) is 3.01. The highest BCUT2D eigenvalue weighted by molar-refractivity contribution is 7.90. The zero-order valence-electron chi connectivity index (χ0n) is 12.9. The number of nitrogens with zero attached hydrogens (tertiary/aromatic N) is 2. The number of hydrogen-bond acceptors (Lipinski definition) is 4. The van der Waals surface area contributed by atoms with Crippen molar-refractivity contribution < 1.29 is 22.0 Å². The molecule has 26 heavy (non-hydrogen) atoms. The Hall–Kier alpha value is -2.78. The lowest BCUT2D eigenvalue weighted by Crippen LogP contribution is -2.23. The van der Waals surface area contributed by atoms with Crippen LogP contribution >= 0.6 is 11.6 Å². The molecule has 0 bridgehead atoms. The van der Waals surface area contributed by atoms with E-state index in [1.165, 1.54) is 24.3 Å². The molecule has 3 aromatic rings. The molecular weight excluding hydrogens is 388 g/mol. The number of carbonyl (C=O) groups is 1. The SMILES string of the molecule is O=C(Nc1ccc(F)cc1F)c1cc(Cl)nn1S(=O)(=O)c1ccccc1. The minimum absolute atomic E-state index is 0.109. The standard InChI is InChI=1S/C16H10ClF2N3O3S/c17-15-9-14(16(23)20-13-7-6-10(18)8-12(13)19)22(21-15)26(24,25)11-4-2-1-3-5-11/h1-9H,(H,20,23). The molecular formula is C16H10ClF2N3O3S. The maximum absolute atomic E-state index is 13.7. The normalized spacial score (nSPS) is 11.3. The highest BCUT2D eigenvalue weighted by atomic mass is 35.5. The van der Waals surface area contributed by atoms with Crippen molar-refractivity contribution in [3.63, 3.8) is 0 Å². The summed E-state index contributed by atoms with van der Waals surface area (Å²) in [4.78, 5) is 12.3. The third-order valence-corrected chi connectivity index (χ3v) is 5.12. The van der Waals surface area contributed by atoms with Crippen LogP contribution < -0.4 is 5.32 Å². The summed E-state index contributed by atoms with van der Waals surface area (Å²) in [6.45, 7) is 0. The lowest BCUT2D eigenvalue weighted by molar-refractivity contribution is 0.102. The van der Waals surface area contributed by atoms with E-state index in [-0.39, 0.29) is 15.7 Å². The molecule has 0 spiro atoms. The van der Waals surface area contributed by atoms with E-state index in [1.54, 1.807) is 6.07 Å². The van der Waals surface area contributed by atoms with Gasteiger partial charge >= 0.3 is 0 Å². The van der Waals surface area contributed by atoms with E-state index in [9.17, 15) is 22.0 Å². The summed E-state index contributed by atoms with van der Waals surface area (Å²) >= 11 is 5.76. The topological polar surface area (TPSA) is 81.1 Å². The van der Waals surface area contributed by atoms with Gasteiger partial charge in [-0.05, 0) is 24.3 Å². The van der Waals surface area contributed by atoms with Crippen LogP contribution in [0.3, 0.4) is 0 Å². The van der Waals surface area contributed by atoms with Gasteiger partial charge in [0, 0.05) is 12.1 Å². The predicted octanol–water partition coefficient (Wildman–Crippen LogP) is 3.30.